The predicted molar refractivity (Wildman–Crippen MR) is 104 cm³/mol. The van der Waals surface area contributed by atoms with Crippen molar-refractivity contribution in [2.24, 2.45) is 0 Å². The van der Waals surface area contributed by atoms with Gasteiger partial charge >= 0.3 is 11.9 Å². The van der Waals surface area contributed by atoms with E-state index < -0.39 is 22.8 Å². The van der Waals surface area contributed by atoms with E-state index in [4.69, 9.17) is 9.47 Å². The van der Waals surface area contributed by atoms with Crippen molar-refractivity contribution >= 4 is 34.0 Å². The molecule has 1 N–H and O–H groups in total. The normalized spacial score (nSPS) is 15.5. The number of nitrogens with zero attached hydrogens (tertiary/aromatic N) is 1. The Balaban J connectivity index is 2.18. The number of methoxy groups -OCH3 is 1. The van der Waals surface area contributed by atoms with Crippen molar-refractivity contribution in [2.75, 3.05) is 19.0 Å². The lowest BCUT2D eigenvalue weighted by Gasteiger charge is -2.27. The van der Waals surface area contributed by atoms with Crippen LogP contribution < -0.4 is 5.32 Å². The van der Waals surface area contributed by atoms with E-state index in [0.717, 1.165) is 0 Å². The topological polar surface area (TPSA) is 108 Å². The molecule has 9 heteroatoms. The minimum atomic E-state index is -0.608. The Bertz CT molecular complexity index is 994. The maximum Gasteiger partial charge on any atom is 0.348 e. The summed E-state index contributed by atoms with van der Waals surface area (Å²) in [5.41, 5.74) is 2.04. The molecule has 0 spiro atoms. The first-order chi connectivity index (χ1) is 13.4. The van der Waals surface area contributed by atoms with Gasteiger partial charge in [0, 0.05) is 23.7 Å². The average molecular weight is 402 g/mol. The molecular formula is C19H18N2O6S. The molecule has 0 aliphatic carbocycles. The first kappa shape index (κ1) is 19.6. The third-order valence-electron chi connectivity index (χ3n) is 4.36. The Labute approximate surface area is 164 Å². The number of nitro benzene ring substituents is 1. The average Bonchev–Trinajstić information content (AvgIpc) is 3.10. The quantitative estimate of drug-likeness (QED) is 0.460. The van der Waals surface area contributed by atoms with Crippen LogP contribution in [0.15, 0.2) is 41.6 Å². The smallest absolute Gasteiger partial charge is 0.348 e. The standard InChI is InChI=1S/C19H18N2O6S/c1-4-27-18(22)14-9-13-16(11-6-5-7-12(8-11)21(24)25)15(19(23)26-3)10(2)20-17(13)28-14/h5-9,16,20H,4H2,1-3H3. The molecule has 0 saturated heterocycles. The van der Waals surface area contributed by atoms with Crippen molar-refractivity contribution in [3.63, 3.8) is 0 Å². The third kappa shape index (κ3) is 3.48. The van der Waals surface area contributed by atoms with E-state index >= 15 is 0 Å². The van der Waals surface area contributed by atoms with E-state index in [-0.39, 0.29) is 12.3 Å². The molecule has 1 aromatic carbocycles. The molecule has 3 rings (SSSR count). The number of rotatable bonds is 5. The minimum absolute atomic E-state index is 0.0831. The first-order valence-corrected chi connectivity index (χ1v) is 9.30. The summed E-state index contributed by atoms with van der Waals surface area (Å²) in [5.74, 6) is -1.61. The highest BCUT2D eigenvalue weighted by molar-refractivity contribution is 7.18. The first-order valence-electron chi connectivity index (χ1n) is 8.48. The Kier molecular flexibility index (Phi) is 5.46. The maximum atomic E-state index is 12.5. The highest BCUT2D eigenvalue weighted by atomic mass is 32.1. The second-order valence-electron chi connectivity index (χ2n) is 6.06. The van der Waals surface area contributed by atoms with Crippen molar-refractivity contribution in [1.82, 2.24) is 0 Å². The summed E-state index contributed by atoms with van der Waals surface area (Å²) in [6.45, 7) is 3.69. The van der Waals surface area contributed by atoms with Crippen LogP contribution in [-0.4, -0.2) is 30.6 Å². The lowest BCUT2D eigenvalue weighted by atomic mass is 9.82. The lowest BCUT2D eigenvalue weighted by Crippen LogP contribution is -2.22. The number of ether oxygens (including phenoxy) is 2. The monoisotopic (exact) mass is 402 g/mol. The second kappa shape index (κ2) is 7.81. The summed E-state index contributed by atoms with van der Waals surface area (Å²) in [4.78, 5) is 35.8. The number of fused-ring (bicyclic) bond motifs is 1. The summed E-state index contributed by atoms with van der Waals surface area (Å²) < 4.78 is 10.0. The van der Waals surface area contributed by atoms with Gasteiger partial charge in [0.1, 0.15) is 4.88 Å². The SMILES string of the molecule is CCOC(=O)c1cc2c(s1)NC(C)=C(C(=O)OC)C2c1cccc([N+](=O)[O-])c1. The number of thiophene rings is 1. The zero-order chi connectivity index (χ0) is 20.4. The summed E-state index contributed by atoms with van der Waals surface area (Å²) in [5, 5.41) is 15.0. The third-order valence-corrected chi connectivity index (χ3v) is 5.41. The van der Waals surface area contributed by atoms with Crippen LogP contribution in [0.2, 0.25) is 0 Å². The van der Waals surface area contributed by atoms with Gasteiger partial charge in [0.05, 0.1) is 29.2 Å². The number of carbonyl (C=O) groups is 2. The van der Waals surface area contributed by atoms with Gasteiger partial charge in [0.15, 0.2) is 0 Å². The van der Waals surface area contributed by atoms with Crippen LogP contribution in [0.3, 0.4) is 0 Å². The maximum absolute atomic E-state index is 12.5. The number of allylic oxidation sites excluding steroid dienone is 1. The molecule has 0 fully saturated rings. The molecule has 1 aliphatic heterocycles. The second-order valence-corrected chi connectivity index (χ2v) is 7.11. The van der Waals surface area contributed by atoms with Gasteiger partial charge in [0.25, 0.3) is 5.69 Å². The molecule has 2 heterocycles. The number of nitrogens with one attached hydrogen (secondary N) is 1. The molecule has 1 atom stereocenters. The van der Waals surface area contributed by atoms with E-state index in [2.05, 4.69) is 5.32 Å². The fourth-order valence-electron chi connectivity index (χ4n) is 3.17. The molecule has 1 aromatic heterocycles. The Hall–Kier alpha value is -3.20. The van der Waals surface area contributed by atoms with Crippen LogP contribution in [0.25, 0.3) is 0 Å². The molecule has 1 aliphatic rings. The van der Waals surface area contributed by atoms with Gasteiger partial charge in [-0.25, -0.2) is 9.59 Å². The molecule has 0 saturated carbocycles. The summed E-state index contributed by atoms with van der Waals surface area (Å²) in [6.07, 6.45) is 0. The number of non-ortho nitro benzene ring substituents is 1. The highest BCUT2D eigenvalue weighted by Gasteiger charge is 2.35. The number of carbonyl (C=O) groups excluding carboxylic acids is 2. The Morgan fingerprint density at radius 1 is 1.29 bits per heavy atom. The van der Waals surface area contributed by atoms with Crippen molar-refractivity contribution < 1.29 is 24.0 Å². The largest absolute Gasteiger partial charge is 0.466 e. The Morgan fingerprint density at radius 2 is 2.04 bits per heavy atom. The molecule has 8 nitrogen and oxygen atoms in total. The zero-order valence-corrected chi connectivity index (χ0v) is 16.3. The van der Waals surface area contributed by atoms with E-state index in [0.29, 0.717) is 32.3 Å². The molecule has 146 valence electrons. The van der Waals surface area contributed by atoms with E-state index in [1.54, 1.807) is 32.0 Å². The van der Waals surface area contributed by atoms with Gasteiger partial charge in [-0.15, -0.1) is 11.3 Å². The van der Waals surface area contributed by atoms with Crippen LogP contribution in [0.1, 0.15) is 40.6 Å². The van der Waals surface area contributed by atoms with Crippen LogP contribution in [0, 0.1) is 10.1 Å². The van der Waals surface area contributed by atoms with Crippen molar-refractivity contribution in [2.45, 2.75) is 19.8 Å². The van der Waals surface area contributed by atoms with Crippen molar-refractivity contribution in [1.29, 1.82) is 0 Å². The van der Waals surface area contributed by atoms with Crippen molar-refractivity contribution in [3.05, 3.63) is 67.7 Å². The van der Waals surface area contributed by atoms with Gasteiger partial charge in [-0.3, -0.25) is 10.1 Å². The van der Waals surface area contributed by atoms with Gasteiger partial charge in [-0.2, -0.15) is 0 Å². The minimum Gasteiger partial charge on any atom is -0.466 e. The molecule has 28 heavy (non-hydrogen) atoms. The fraction of sp³-hybridized carbons (Fsp3) is 0.263. The fourth-order valence-corrected chi connectivity index (χ4v) is 4.22. The molecule has 2 aromatic rings. The summed E-state index contributed by atoms with van der Waals surface area (Å²) in [7, 11) is 1.28. The summed E-state index contributed by atoms with van der Waals surface area (Å²) in [6, 6.07) is 7.75. The van der Waals surface area contributed by atoms with Crippen LogP contribution in [0.4, 0.5) is 10.7 Å². The molecule has 1 unspecified atom stereocenters. The number of esters is 2. The van der Waals surface area contributed by atoms with E-state index in [9.17, 15) is 19.7 Å². The summed E-state index contributed by atoms with van der Waals surface area (Å²) >= 11 is 1.21. The van der Waals surface area contributed by atoms with Crippen LogP contribution in [-0.2, 0) is 14.3 Å². The van der Waals surface area contributed by atoms with Gasteiger partial charge in [-0.05, 0) is 31.0 Å². The van der Waals surface area contributed by atoms with Gasteiger partial charge in [0.2, 0.25) is 0 Å². The Morgan fingerprint density at radius 3 is 2.68 bits per heavy atom. The molecule has 0 amide bonds. The predicted octanol–water partition coefficient (Wildman–Crippen LogP) is 3.84. The molecular weight excluding hydrogens is 384 g/mol. The molecule has 0 bridgehead atoms. The highest BCUT2D eigenvalue weighted by Crippen LogP contribution is 2.46. The number of nitro groups is 1. The van der Waals surface area contributed by atoms with Gasteiger partial charge in [-0.1, -0.05) is 12.1 Å². The van der Waals surface area contributed by atoms with Crippen LogP contribution >= 0.6 is 11.3 Å². The van der Waals surface area contributed by atoms with E-state index in [1.165, 1.54) is 30.6 Å². The van der Waals surface area contributed by atoms with Gasteiger partial charge < -0.3 is 14.8 Å². The van der Waals surface area contributed by atoms with Crippen molar-refractivity contribution in [3.8, 4) is 0 Å². The number of benzene rings is 1. The van der Waals surface area contributed by atoms with E-state index in [1.807, 2.05) is 0 Å². The van der Waals surface area contributed by atoms with Crippen LogP contribution in [0.5, 0.6) is 0 Å². The molecule has 0 radical (unpaired) electrons. The number of anilines is 1. The number of hydrogen-bond donors (Lipinski definition) is 1. The zero-order valence-electron chi connectivity index (χ0n) is 15.5. The lowest BCUT2D eigenvalue weighted by molar-refractivity contribution is -0.384. The number of hydrogen-bond acceptors (Lipinski definition) is 8.